The summed E-state index contributed by atoms with van der Waals surface area (Å²) >= 11 is 6.22. The number of nitrogens with zero attached hydrogens (tertiary/aromatic N) is 6. The number of pyridine rings is 2. The molecule has 1 aromatic carbocycles. The van der Waals surface area contributed by atoms with Crippen molar-refractivity contribution in [3.8, 4) is 6.07 Å². The normalized spacial score (nSPS) is 19.6. The molecule has 7 nitrogen and oxygen atoms in total. The Morgan fingerprint density at radius 2 is 2.03 bits per heavy atom. The van der Waals surface area contributed by atoms with E-state index in [0.29, 0.717) is 28.3 Å². The number of aromatic nitrogens is 2. The average molecular weight is 529 g/mol. The van der Waals surface area contributed by atoms with E-state index in [1.54, 1.807) is 29.8 Å². The molecule has 0 saturated carbocycles. The first-order valence-corrected chi connectivity index (χ1v) is 13.2. The summed E-state index contributed by atoms with van der Waals surface area (Å²) in [5, 5.41) is 10.2. The molecule has 0 N–H and O–H groups in total. The summed E-state index contributed by atoms with van der Waals surface area (Å²) < 4.78 is 1.58. The van der Waals surface area contributed by atoms with E-state index >= 15 is 0 Å². The summed E-state index contributed by atoms with van der Waals surface area (Å²) in [5.41, 5.74) is 4.32. The summed E-state index contributed by atoms with van der Waals surface area (Å²) in [6, 6.07) is 15.2. The fourth-order valence-electron chi connectivity index (χ4n) is 5.28. The van der Waals surface area contributed by atoms with Gasteiger partial charge < -0.3 is 9.47 Å². The SMILES string of the molecule is C=N/C(=C\C=C/C)C(c1ccc(Cl)cc1)N1C[C@H](C)N(c2cc(=O)n(C)c3ccc(C#N)nc23)C[C@H]1CC. The second-order valence-electron chi connectivity index (χ2n) is 9.59. The number of fused-ring (bicyclic) bond motifs is 1. The van der Waals surface area contributed by atoms with E-state index in [2.05, 4.69) is 46.4 Å². The number of benzene rings is 1. The third-order valence-electron chi connectivity index (χ3n) is 7.29. The standard InChI is InChI=1S/C30H33ClN6O/c1-6-8-9-25(33-4)30(21-10-12-22(31)13-11-21)37-18-20(3)36(19-24(37)7-2)27-16-28(38)35(5)26-15-14-23(17-32)34-29(26)27/h6,8-16,20,24,30H,4,7,18-19H2,1-3,5H3/b8-6-,25-9-/t20-,24+,30?/m0/s1. The highest BCUT2D eigenvalue weighted by atomic mass is 35.5. The molecule has 3 atom stereocenters. The number of hydrogen-bond acceptors (Lipinski definition) is 6. The lowest BCUT2D eigenvalue weighted by Crippen LogP contribution is -2.58. The molecule has 0 amide bonds. The van der Waals surface area contributed by atoms with Crippen LogP contribution >= 0.6 is 11.6 Å². The Kier molecular flexibility index (Phi) is 8.45. The van der Waals surface area contributed by atoms with Crippen LogP contribution in [-0.2, 0) is 7.05 Å². The molecule has 0 bridgehead atoms. The Morgan fingerprint density at radius 1 is 1.29 bits per heavy atom. The Morgan fingerprint density at radius 3 is 2.66 bits per heavy atom. The van der Waals surface area contributed by atoms with Gasteiger partial charge in [-0.3, -0.25) is 14.7 Å². The Labute approximate surface area is 229 Å². The van der Waals surface area contributed by atoms with Gasteiger partial charge in [-0.25, -0.2) is 4.98 Å². The van der Waals surface area contributed by atoms with Crippen molar-refractivity contribution in [3.63, 3.8) is 0 Å². The van der Waals surface area contributed by atoms with Crippen molar-refractivity contribution < 1.29 is 0 Å². The number of piperazine rings is 1. The minimum Gasteiger partial charge on any atom is -0.364 e. The van der Waals surface area contributed by atoms with Crippen LogP contribution in [0.2, 0.25) is 5.02 Å². The largest absolute Gasteiger partial charge is 0.364 e. The third kappa shape index (κ3) is 5.28. The molecule has 1 unspecified atom stereocenters. The number of allylic oxidation sites excluding steroid dienone is 3. The van der Waals surface area contributed by atoms with E-state index in [1.807, 2.05) is 49.4 Å². The van der Waals surface area contributed by atoms with Crippen LogP contribution < -0.4 is 10.5 Å². The summed E-state index contributed by atoms with van der Waals surface area (Å²) in [5.74, 6) is 0. The van der Waals surface area contributed by atoms with Crippen LogP contribution in [0.3, 0.4) is 0 Å². The number of anilines is 1. The predicted octanol–water partition coefficient (Wildman–Crippen LogP) is 5.65. The zero-order chi connectivity index (χ0) is 27.4. The predicted molar refractivity (Wildman–Crippen MR) is 156 cm³/mol. The molecule has 1 aliphatic rings. The van der Waals surface area contributed by atoms with Crippen molar-refractivity contribution in [2.75, 3.05) is 18.0 Å². The van der Waals surface area contributed by atoms with Gasteiger partial charge in [-0.05, 0) is 62.9 Å². The van der Waals surface area contributed by atoms with Crippen molar-refractivity contribution in [3.05, 3.63) is 93.0 Å². The quantitative estimate of drug-likeness (QED) is 0.292. The van der Waals surface area contributed by atoms with Gasteiger partial charge in [0.05, 0.1) is 22.9 Å². The lowest BCUT2D eigenvalue weighted by molar-refractivity contribution is 0.113. The maximum Gasteiger partial charge on any atom is 0.252 e. The highest BCUT2D eigenvalue weighted by Gasteiger charge is 2.37. The zero-order valence-corrected chi connectivity index (χ0v) is 23.1. The molecule has 1 fully saturated rings. The maximum absolute atomic E-state index is 12.9. The molecule has 0 spiro atoms. The summed E-state index contributed by atoms with van der Waals surface area (Å²) in [6.07, 6.45) is 6.86. The van der Waals surface area contributed by atoms with Crippen LogP contribution in [0, 0.1) is 11.3 Å². The molecule has 0 aliphatic carbocycles. The minimum atomic E-state index is -0.112. The second kappa shape index (κ2) is 11.8. The van der Waals surface area contributed by atoms with Crippen LogP contribution in [0.15, 0.2) is 76.2 Å². The summed E-state index contributed by atoms with van der Waals surface area (Å²) in [4.78, 5) is 26.7. The van der Waals surface area contributed by atoms with E-state index in [4.69, 9.17) is 11.6 Å². The first kappa shape index (κ1) is 27.3. The molecule has 196 valence electrons. The van der Waals surface area contributed by atoms with Crippen molar-refractivity contribution in [2.45, 2.75) is 45.3 Å². The maximum atomic E-state index is 12.9. The molecule has 3 aromatic rings. The molecule has 38 heavy (non-hydrogen) atoms. The Hall–Kier alpha value is -3.73. The summed E-state index contributed by atoms with van der Waals surface area (Å²) in [7, 11) is 1.73. The van der Waals surface area contributed by atoms with E-state index in [9.17, 15) is 10.1 Å². The van der Waals surface area contributed by atoms with Gasteiger partial charge in [0.2, 0.25) is 0 Å². The Bertz CT molecular complexity index is 1480. The van der Waals surface area contributed by atoms with Gasteiger partial charge in [-0.1, -0.05) is 42.8 Å². The van der Waals surface area contributed by atoms with E-state index in [-0.39, 0.29) is 23.7 Å². The first-order valence-electron chi connectivity index (χ1n) is 12.8. The lowest BCUT2D eigenvalue weighted by atomic mass is 9.95. The fraction of sp³-hybridized carbons (Fsp3) is 0.333. The van der Waals surface area contributed by atoms with Crippen molar-refractivity contribution in [2.24, 2.45) is 12.0 Å². The van der Waals surface area contributed by atoms with Crippen LogP contribution in [0.5, 0.6) is 0 Å². The fourth-order valence-corrected chi connectivity index (χ4v) is 5.40. The van der Waals surface area contributed by atoms with Gasteiger partial charge in [-0.2, -0.15) is 5.26 Å². The number of aliphatic imine (C=N–C) groups is 1. The van der Waals surface area contributed by atoms with Gasteiger partial charge >= 0.3 is 0 Å². The molecular weight excluding hydrogens is 496 g/mol. The number of hydrogen-bond donors (Lipinski definition) is 0. The van der Waals surface area contributed by atoms with Crippen LogP contribution in [0.1, 0.15) is 44.5 Å². The topological polar surface area (TPSA) is 77.5 Å². The van der Waals surface area contributed by atoms with Gasteiger partial charge in [0.25, 0.3) is 5.56 Å². The number of nitriles is 1. The van der Waals surface area contributed by atoms with Crippen LogP contribution in [-0.4, -0.2) is 46.3 Å². The van der Waals surface area contributed by atoms with Gasteiger partial charge in [0.1, 0.15) is 17.3 Å². The van der Waals surface area contributed by atoms with Crippen LogP contribution in [0.25, 0.3) is 11.0 Å². The smallest absolute Gasteiger partial charge is 0.252 e. The molecule has 1 aliphatic heterocycles. The molecule has 3 heterocycles. The molecule has 4 rings (SSSR count). The molecule has 1 saturated heterocycles. The van der Waals surface area contributed by atoms with Gasteiger partial charge in [-0.15, -0.1) is 0 Å². The highest BCUT2D eigenvalue weighted by Crippen LogP contribution is 2.37. The number of aryl methyl sites for hydroxylation is 1. The Balaban J connectivity index is 1.80. The summed E-state index contributed by atoms with van der Waals surface area (Å²) in [6.45, 7) is 11.6. The molecular formula is C30H33ClN6O. The van der Waals surface area contributed by atoms with Crippen molar-refractivity contribution in [1.82, 2.24) is 14.5 Å². The van der Waals surface area contributed by atoms with E-state index < -0.39 is 0 Å². The first-order chi connectivity index (χ1) is 18.3. The number of rotatable bonds is 7. The third-order valence-corrected chi connectivity index (χ3v) is 7.54. The lowest BCUT2D eigenvalue weighted by Gasteiger charge is -2.49. The van der Waals surface area contributed by atoms with Crippen molar-refractivity contribution >= 4 is 35.0 Å². The van der Waals surface area contributed by atoms with Crippen molar-refractivity contribution in [1.29, 1.82) is 5.26 Å². The van der Waals surface area contributed by atoms with Gasteiger partial charge in [0, 0.05) is 43.3 Å². The molecule has 2 aromatic heterocycles. The van der Waals surface area contributed by atoms with E-state index in [1.165, 1.54) is 0 Å². The number of halogens is 1. The zero-order valence-electron chi connectivity index (χ0n) is 22.3. The highest BCUT2D eigenvalue weighted by molar-refractivity contribution is 6.30. The molecule has 0 radical (unpaired) electrons. The monoisotopic (exact) mass is 528 g/mol. The molecule has 8 heteroatoms. The second-order valence-corrected chi connectivity index (χ2v) is 10.0. The minimum absolute atomic E-state index is 0.0585. The van der Waals surface area contributed by atoms with Crippen LogP contribution in [0.4, 0.5) is 5.69 Å². The average Bonchev–Trinajstić information content (AvgIpc) is 2.93. The van der Waals surface area contributed by atoms with Gasteiger partial charge in [0.15, 0.2) is 0 Å². The van der Waals surface area contributed by atoms with E-state index in [0.717, 1.165) is 29.9 Å².